The van der Waals surface area contributed by atoms with Crippen molar-refractivity contribution in [2.45, 2.75) is 31.0 Å². The molecule has 1 aromatic carbocycles. The SMILES string of the molecule is Cc1cc2c(cc1F)c(Cl)c(-c1ccc(S(=O)(=O)N[C@@H](C)C(F)(F)F)cn1)n2-c1nncs1. The lowest BCUT2D eigenvalue weighted by Gasteiger charge is -2.17. The summed E-state index contributed by atoms with van der Waals surface area (Å²) in [7, 11) is -4.48. The summed E-state index contributed by atoms with van der Waals surface area (Å²) in [5.41, 5.74) is 2.89. The van der Waals surface area contributed by atoms with E-state index in [1.165, 1.54) is 29.0 Å². The lowest BCUT2D eigenvalue weighted by Crippen LogP contribution is -2.42. The quantitative estimate of drug-likeness (QED) is 0.380. The Morgan fingerprint density at radius 3 is 2.55 bits per heavy atom. The van der Waals surface area contributed by atoms with Crippen molar-refractivity contribution in [3.8, 4) is 16.5 Å². The number of alkyl halides is 3. The zero-order valence-corrected chi connectivity index (χ0v) is 19.2. The number of benzene rings is 1. The third-order valence-electron chi connectivity index (χ3n) is 4.84. The summed E-state index contributed by atoms with van der Waals surface area (Å²) < 4.78 is 80.4. The lowest BCUT2D eigenvalue weighted by molar-refractivity contribution is -0.147. The third-order valence-corrected chi connectivity index (χ3v) is 7.42. The van der Waals surface area contributed by atoms with Crippen LogP contribution in [0.4, 0.5) is 17.6 Å². The summed E-state index contributed by atoms with van der Waals surface area (Å²) >= 11 is 7.75. The van der Waals surface area contributed by atoms with E-state index in [9.17, 15) is 26.0 Å². The van der Waals surface area contributed by atoms with Gasteiger partial charge in [-0.1, -0.05) is 22.9 Å². The van der Waals surface area contributed by atoms with Crippen LogP contribution in [0, 0.1) is 12.7 Å². The van der Waals surface area contributed by atoms with E-state index in [1.807, 2.05) is 0 Å². The monoisotopic (exact) mass is 519 g/mol. The topological polar surface area (TPSA) is 89.8 Å². The molecule has 14 heteroatoms. The van der Waals surface area contributed by atoms with Crippen LogP contribution in [0.3, 0.4) is 0 Å². The van der Waals surface area contributed by atoms with E-state index in [0.29, 0.717) is 34.2 Å². The minimum absolute atomic E-state index is 0.144. The maximum Gasteiger partial charge on any atom is 0.404 e. The molecule has 3 heterocycles. The van der Waals surface area contributed by atoms with Gasteiger partial charge in [-0.3, -0.25) is 9.55 Å². The van der Waals surface area contributed by atoms with Gasteiger partial charge in [0.25, 0.3) is 0 Å². The maximum absolute atomic E-state index is 14.2. The molecule has 0 saturated heterocycles. The van der Waals surface area contributed by atoms with Crippen LogP contribution in [0.2, 0.25) is 5.02 Å². The lowest BCUT2D eigenvalue weighted by atomic mass is 10.1. The molecule has 0 amide bonds. The molecule has 0 aliphatic heterocycles. The second-order valence-corrected chi connectivity index (χ2v) is 10.0. The molecule has 0 unspecified atom stereocenters. The number of fused-ring (bicyclic) bond motifs is 1. The van der Waals surface area contributed by atoms with E-state index >= 15 is 0 Å². The predicted molar refractivity (Wildman–Crippen MR) is 116 cm³/mol. The second kappa shape index (κ2) is 8.31. The molecule has 0 spiro atoms. The zero-order chi connectivity index (χ0) is 24.1. The van der Waals surface area contributed by atoms with Crippen LogP contribution in [-0.2, 0) is 10.0 Å². The number of halogens is 5. The smallest absolute Gasteiger partial charge is 0.281 e. The zero-order valence-electron chi connectivity index (χ0n) is 16.9. The average molecular weight is 520 g/mol. The molecule has 4 aromatic rings. The summed E-state index contributed by atoms with van der Waals surface area (Å²) in [6.45, 7) is 2.29. The van der Waals surface area contributed by atoms with Gasteiger partial charge in [-0.05, 0) is 43.7 Å². The highest BCUT2D eigenvalue weighted by atomic mass is 35.5. The van der Waals surface area contributed by atoms with E-state index < -0.39 is 33.0 Å². The standard InChI is InChI=1S/C19H14ClF4N5O2S2/c1-9-5-15-12(6-13(9)21)16(20)17(29(15)18-27-26-8-32-18)14-4-3-11(7-25-14)33(30,31)28-10(2)19(22,23)24/h3-8,10,28H,1-2H3/t10-/m0/s1. The first-order chi connectivity index (χ1) is 15.4. The number of aromatic nitrogens is 4. The van der Waals surface area contributed by atoms with Gasteiger partial charge in [0.1, 0.15) is 22.3 Å². The van der Waals surface area contributed by atoms with Gasteiger partial charge in [0.05, 0.1) is 21.9 Å². The van der Waals surface area contributed by atoms with E-state index in [-0.39, 0.29) is 10.7 Å². The minimum atomic E-state index is -4.75. The normalized spacial score (nSPS) is 13.5. The van der Waals surface area contributed by atoms with Crippen LogP contribution in [0.5, 0.6) is 0 Å². The fourth-order valence-electron chi connectivity index (χ4n) is 3.11. The molecular formula is C19H14ClF4N5O2S2. The highest BCUT2D eigenvalue weighted by Gasteiger charge is 2.39. The van der Waals surface area contributed by atoms with Crippen molar-refractivity contribution < 1.29 is 26.0 Å². The fraction of sp³-hybridized carbons (Fsp3) is 0.211. The number of nitrogens with one attached hydrogen (secondary N) is 1. The van der Waals surface area contributed by atoms with Crippen molar-refractivity contribution in [3.05, 3.63) is 52.4 Å². The van der Waals surface area contributed by atoms with Gasteiger partial charge in [-0.15, -0.1) is 10.2 Å². The van der Waals surface area contributed by atoms with E-state index in [4.69, 9.17) is 11.6 Å². The average Bonchev–Trinajstić information content (AvgIpc) is 3.35. The fourth-order valence-corrected chi connectivity index (χ4v) is 5.19. The highest BCUT2D eigenvalue weighted by molar-refractivity contribution is 7.89. The van der Waals surface area contributed by atoms with Gasteiger partial charge in [0.2, 0.25) is 15.2 Å². The molecule has 4 rings (SSSR count). The Bertz CT molecular complexity index is 1440. The van der Waals surface area contributed by atoms with Crippen LogP contribution in [0.25, 0.3) is 27.4 Å². The van der Waals surface area contributed by atoms with E-state index in [2.05, 4.69) is 15.2 Å². The first-order valence-electron chi connectivity index (χ1n) is 9.22. The van der Waals surface area contributed by atoms with Gasteiger partial charge < -0.3 is 0 Å². The van der Waals surface area contributed by atoms with Crippen molar-refractivity contribution >= 4 is 43.9 Å². The first-order valence-corrected chi connectivity index (χ1v) is 12.0. The summed E-state index contributed by atoms with van der Waals surface area (Å²) in [5.74, 6) is -0.468. The van der Waals surface area contributed by atoms with Crippen molar-refractivity contribution in [2.24, 2.45) is 0 Å². The molecule has 1 N–H and O–H groups in total. The summed E-state index contributed by atoms with van der Waals surface area (Å²) in [6, 6.07) is 2.98. The van der Waals surface area contributed by atoms with Gasteiger partial charge >= 0.3 is 6.18 Å². The van der Waals surface area contributed by atoms with Gasteiger partial charge in [0.15, 0.2) is 0 Å². The largest absolute Gasteiger partial charge is 0.404 e. The molecule has 0 fully saturated rings. The van der Waals surface area contributed by atoms with E-state index in [1.54, 1.807) is 22.3 Å². The number of nitrogens with zero attached hydrogens (tertiary/aromatic N) is 4. The maximum atomic E-state index is 14.2. The Hall–Kier alpha value is -2.61. The second-order valence-electron chi connectivity index (χ2n) is 7.10. The van der Waals surface area contributed by atoms with Crippen molar-refractivity contribution in [1.82, 2.24) is 24.5 Å². The third kappa shape index (κ3) is 4.33. The Kier molecular flexibility index (Phi) is 5.93. The van der Waals surface area contributed by atoms with Crippen LogP contribution in [-0.4, -0.2) is 40.4 Å². The predicted octanol–water partition coefficient (Wildman–Crippen LogP) is 4.87. The molecular weight excluding hydrogens is 506 g/mol. The molecule has 7 nitrogen and oxygen atoms in total. The highest BCUT2D eigenvalue weighted by Crippen LogP contribution is 2.40. The van der Waals surface area contributed by atoms with E-state index in [0.717, 1.165) is 12.3 Å². The first kappa shape index (κ1) is 23.5. The molecule has 0 saturated carbocycles. The summed E-state index contributed by atoms with van der Waals surface area (Å²) in [6.07, 6.45) is -3.82. The number of hydrogen-bond acceptors (Lipinski definition) is 6. The van der Waals surface area contributed by atoms with Crippen LogP contribution in [0.15, 0.2) is 40.9 Å². The van der Waals surface area contributed by atoms with Gasteiger partial charge in [-0.25, -0.2) is 12.8 Å². The summed E-state index contributed by atoms with van der Waals surface area (Å²) in [4.78, 5) is 3.65. The molecule has 1 atom stereocenters. The van der Waals surface area contributed by atoms with Crippen molar-refractivity contribution in [3.63, 3.8) is 0 Å². The Morgan fingerprint density at radius 2 is 1.97 bits per heavy atom. The molecule has 174 valence electrons. The Balaban J connectivity index is 1.84. The molecule has 0 radical (unpaired) electrons. The molecule has 0 bridgehead atoms. The number of aryl methyl sites for hydroxylation is 1. The van der Waals surface area contributed by atoms with Crippen LogP contribution >= 0.6 is 22.9 Å². The van der Waals surface area contributed by atoms with Crippen molar-refractivity contribution in [2.75, 3.05) is 0 Å². The molecule has 0 aliphatic rings. The number of hydrogen-bond donors (Lipinski definition) is 1. The Labute approximate surface area is 194 Å². The molecule has 3 aromatic heterocycles. The Morgan fingerprint density at radius 1 is 1.24 bits per heavy atom. The minimum Gasteiger partial charge on any atom is -0.281 e. The van der Waals surface area contributed by atoms with Crippen molar-refractivity contribution in [1.29, 1.82) is 0 Å². The van der Waals surface area contributed by atoms with Gasteiger partial charge in [-0.2, -0.15) is 17.9 Å². The van der Waals surface area contributed by atoms with Gasteiger partial charge in [0, 0.05) is 11.6 Å². The van der Waals surface area contributed by atoms with Crippen LogP contribution < -0.4 is 4.72 Å². The number of sulfonamides is 1. The molecule has 0 aliphatic carbocycles. The molecule has 33 heavy (non-hydrogen) atoms. The summed E-state index contributed by atoms with van der Waals surface area (Å²) in [5, 5.41) is 8.79. The number of rotatable bonds is 5. The number of pyridine rings is 1. The van der Waals surface area contributed by atoms with Crippen LogP contribution in [0.1, 0.15) is 12.5 Å².